The monoisotopic (exact) mass is 937 g/mol. The first-order valence-electron chi connectivity index (χ1n) is 24.3. The zero-order valence-corrected chi connectivity index (χ0v) is 39.8. The molecule has 17 nitrogen and oxygen atoms in total. The number of nitrogens with zero attached hydrogens (tertiary/aromatic N) is 6. The summed E-state index contributed by atoms with van der Waals surface area (Å²) in [6, 6.07) is -0.759. The van der Waals surface area contributed by atoms with Crippen molar-refractivity contribution in [1.29, 1.82) is 0 Å². The third kappa shape index (κ3) is 10.9. The molecule has 2 aromatic rings. The van der Waals surface area contributed by atoms with Crippen LogP contribution in [0, 0.1) is 34.5 Å². The van der Waals surface area contributed by atoms with E-state index in [1.807, 2.05) is 17.7 Å². The van der Waals surface area contributed by atoms with E-state index in [-0.39, 0.29) is 48.1 Å². The number of anilines is 1. The average Bonchev–Trinajstić information content (AvgIpc) is 4.10. The minimum absolute atomic E-state index is 0.0618. The number of aliphatic carboxylic acids is 1. The Bertz CT molecular complexity index is 2080. The predicted molar refractivity (Wildman–Crippen MR) is 253 cm³/mol. The van der Waals surface area contributed by atoms with E-state index in [9.17, 15) is 29.7 Å². The lowest BCUT2D eigenvalue weighted by Gasteiger charge is -2.63. The van der Waals surface area contributed by atoms with Gasteiger partial charge in [0.1, 0.15) is 30.7 Å². The number of carbonyl (C=O) groups excluding carboxylic acids is 2. The first-order chi connectivity index (χ1) is 31.8. The van der Waals surface area contributed by atoms with Crippen LogP contribution in [0.25, 0.3) is 11.2 Å². The number of aliphatic hydroxyl groups is 2. The minimum atomic E-state index is -1.02. The van der Waals surface area contributed by atoms with E-state index < -0.39 is 35.2 Å². The van der Waals surface area contributed by atoms with Gasteiger partial charge in [-0.2, -0.15) is 11.8 Å². The number of thioether (sulfide) groups is 1. The van der Waals surface area contributed by atoms with Crippen molar-refractivity contribution >= 4 is 59.2 Å². The molecule has 0 spiro atoms. The predicted octanol–water partition coefficient (Wildman–Crippen LogP) is 6.72. The summed E-state index contributed by atoms with van der Waals surface area (Å²) in [6.45, 7) is 8.44. The molecule has 1 saturated heterocycles. The molecule has 3 saturated carbocycles. The van der Waals surface area contributed by atoms with Crippen molar-refractivity contribution in [3.05, 3.63) is 24.3 Å². The number of carbonyl (C=O) groups is 3. The van der Waals surface area contributed by atoms with Crippen molar-refractivity contribution in [2.45, 2.75) is 154 Å². The molecule has 2 aromatic heterocycles. The number of nitrogens with two attached hydrogens (primary N) is 1. The summed E-state index contributed by atoms with van der Waals surface area (Å²) in [5.74, 6) is 1.08. The third-order valence-electron chi connectivity index (χ3n) is 16.1. The summed E-state index contributed by atoms with van der Waals surface area (Å²) in [7, 11) is 0. The van der Waals surface area contributed by atoms with Gasteiger partial charge in [0.05, 0.1) is 30.7 Å². The number of fused-ring (bicyclic) bond motifs is 4. The molecular weight excluding hydrogens is 865 g/mol. The maximum Gasteiger partial charge on any atom is 0.407 e. The molecule has 0 radical (unpaired) electrons. The van der Waals surface area contributed by atoms with Gasteiger partial charge in [-0.25, -0.2) is 29.3 Å². The molecule has 7 rings (SSSR count). The number of nitrogen functional groups attached to an aromatic ring is 1. The van der Waals surface area contributed by atoms with E-state index in [1.165, 1.54) is 6.33 Å². The topological polar surface area (TPSA) is 246 Å². The first-order valence-corrected chi connectivity index (χ1v) is 25.5. The molecule has 2 unspecified atom stereocenters. The van der Waals surface area contributed by atoms with E-state index in [1.54, 1.807) is 30.4 Å². The Labute approximate surface area is 392 Å². The van der Waals surface area contributed by atoms with Crippen LogP contribution in [0.4, 0.5) is 10.6 Å². The van der Waals surface area contributed by atoms with Crippen molar-refractivity contribution in [2.75, 3.05) is 43.5 Å². The van der Waals surface area contributed by atoms with Crippen LogP contribution in [-0.4, -0.2) is 127 Å². The number of aliphatic imine (C=N–C) groups is 2. The lowest BCUT2D eigenvalue weighted by atomic mass is 9.44. The normalized spacial score (nSPS) is 32.4. The first kappa shape index (κ1) is 49.8. The Morgan fingerprint density at radius 2 is 1.91 bits per heavy atom. The number of nitrogens with one attached hydrogen (secondary N) is 1. The van der Waals surface area contributed by atoms with Gasteiger partial charge < -0.3 is 40.6 Å². The summed E-state index contributed by atoms with van der Waals surface area (Å²) in [4.78, 5) is 57.7. The number of hydrogen-bond acceptors (Lipinski definition) is 15. The average molecular weight is 937 g/mol. The second kappa shape index (κ2) is 22.3. The van der Waals surface area contributed by atoms with Gasteiger partial charge in [-0.1, -0.05) is 20.8 Å². The highest BCUT2D eigenvalue weighted by molar-refractivity contribution is 7.99. The Hall–Kier alpha value is -4.13. The molecular formula is C48H72N8O9S. The smallest absolute Gasteiger partial charge is 0.407 e. The number of aromatic nitrogens is 4. The van der Waals surface area contributed by atoms with E-state index in [0.29, 0.717) is 73.9 Å². The minimum Gasteiger partial charge on any atom is -0.480 e. The van der Waals surface area contributed by atoms with Crippen molar-refractivity contribution in [2.24, 2.45) is 44.5 Å². The van der Waals surface area contributed by atoms with Crippen LogP contribution in [0.1, 0.15) is 130 Å². The fraction of sp³-hybridized carbons (Fsp3) is 0.750. The standard InChI is InChI=1S/C48H72N8O9S/c1-31-11-13-35-36(26-38(57)47(3)34(15-18-48(35,47)62)32-25-40(58)64-27-32)46(31,2)17-10-23-63-45(61)52-22-9-5-7-20-50-19-6-4-8-21-51-37(44(59)60)16-24-66-28-33-12-14-39(65-33)56-30-55-41-42(49)53-29-54-43(41)56/h19,21,25,29-31,33-39,57,62H,4-18,20,22-24,26-28H2,1-3H3,(H,52,61)(H,59,60)(H2,49,53,54)/b50-19-,51-21+/t31-,33-,34+,35?,36?,37-,38+,39+,46-,47-,48-/m0/s1. The number of unbranched alkanes of at least 4 members (excludes halogenated alkanes) is 4. The zero-order valence-electron chi connectivity index (χ0n) is 39.0. The fourth-order valence-electron chi connectivity index (χ4n) is 12.0. The van der Waals surface area contributed by atoms with Gasteiger partial charge in [0, 0.05) is 30.3 Å². The number of imidazole rings is 1. The summed E-state index contributed by atoms with van der Waals surface area (Å²) < 4.78 is 18.9. The highest BCUT2D eigenvalue weighted by atomic mass is 32.2. The number of ether oxygens (including phenoxy) is 3. The maximum absolute atomic E-state index is 12.5. The van der Waals surface area contributed by atoms with Crippen LogP contribution in [0.2, 0.25) is 0 Å². The SMILES string of the molecule is C[C@H]1CCC2C(C[C@@H](O)[C@]3(C)[C@@H](C4=CC(=O)OC4)CC[C@]23O)[C@@]1(C)CCCOC(=O)NCCCCC/N=C\CCC/C=N/[C@@H](CCSC[C@@H]1CC[C@H](n2cnc3c(N)ncnc32)O1)C(=O)O. The number of rotatable bonds is 23. The van der Waals surface area contributed by atoms with E-state index >= 15 is 0 Å². The van der Waals surface area contributed by atoms with Gasteiger partial charge in [-0.3, -0.25) is 14.6 Å². The molecule has 5 aliphatic rings. The molecule has 364 valence electrons. The number of cyclic esters (lactones) is 1. The summed E-state index contributed by atoms with van der Waals surface area (Å²) >= 11 is 1.68. The van der Waals surface area contributed by atoms with E-state index in [2.05, 4.69) is 44.1 Å². The lowest BCUT2D eigenvalue weighted by Crippen LogP contribution is -2.66. The highest BCUT2D eigenvalue weighted by Crippen LogP contribution is 2.69. The Kier molecular flexibility index (Phi) is 16.8. The second-order valence-corrected chi connectivity index (χ2v) is 20.9. The highest BCUT2D eigenvalue weighted by Gasteiger charge is 2.70. The van der Waals surface area contributed by atoms with Crippen LogP contribution < -0.4 is 11.1 Å². The van der Waals surface area contributed by atoms with Gasteiger partial charge >= 0.3 is 18.0 Å². The quantitative estimate of drug-likeness (QED) is 0.0442. The second-order valence-electron chi connectivity index (χ2n) is 19.7. The van der Waals surface area contributed by atoms with Gasteiger partial charge in [0.2, 0.25) is 0 Å². The van der Waals surface area contributed by atoms with Gasteiger partial charge in [-0.15, -0.1) is 0 Å². The summed E-state index contributed by atoms with van der Waals surface area (Å²) in [5, 5.41) is 36.9. The molecule has 0 aromatic carbocycles. The van der Waals surface area contributed by atoms with Gasteiger partial charge in [-0.05, 0) is 156 Å². The summed E-state index contributed by atoms with van der Waals surface area (Å²) in [5.41, 5.74) is 6.18. The van der Waals surface area contributed by atoms with Crippen molar-refractivity contribution in [1.82, 2.24) is 24.8 Å². The Balaban J connectivity index is 0.699. The number of amides is 1. The molecule has 66 heavy (non-hydrogen) atoms. The molecule has 2 aliphatic heterocycles. The number of esters is 1. The van der Waals surface area contributed by atoms with E-state index in [4.69, 9.17) is 19.9 Å². The third-order valence-corrected chi connectivity index (χ3v) is 17.2. The van der Waals surface area contributed by atoms with Gasteiger partial charge in [0.15, 0.2) is 11.5 Å². The molecule has 4 fully saturated rings. The van der Waals surface area contributed by atoms with Crippen molar-refractivity contribution in [3.8, 4) is 0 Å². The lowest BCUT2D eigenvalue weighted by molar-refractivity contribution is -0.238. The van der Waals surface area contributed by atoms with Crippen molar-refractivity contribution < 1.29 is 43.9 Å². The number of carboxylic acids is 1. The van der Waals surface area contributed by atoms with Gasteiger partial charge in [0.25, 0.3) is 0 Å². The van der Waals surface area contributed by atoms with Crippen LogP contribution in [-0.2, 0) is 23.8 Å². The molecule has 4 heterocycles. The van der Waals surface area contributed by atoms with Crippen LogP contribution in [0.15, 0.2) is 34.3 Å². The molecule has 3 aliphatic carbocycles. The molecule has 11 atom stereocenters. The fourth-order valence-corrected chi connectivity index (χ4v) is 13.1. The molecule has 6 N–H and O–H groups in total. The van der Waals surface area contributed by atoms with Crippen LogP contribution in [0.5, 0.6) is 0 Å². The van der Waals surface area contributed by atoms with Crippen LogP contribution in [0.3, 0.4) is 0 Å². The molecule has 1 amide bonds. The number of alkyl carbamates (subject to hydrolysis) is 1. The number of aliphatic hydroxyl groups excluding tert-OH is 1. The Morgan fingerprint density at radius 3 is 2.71 bits per heavy atom. The number of carboxylic acid groups (broad SMARTS) is 1. The molecule has 18 heteroatoms. The summed E-state index contributed by atoms with van der Waals surface area (Å²) in [6.07, 6.45) is 19.8. The number of hydrogen-bond donors (Lipinski definition) is 5. The largest absolute Gasteiger partial charge is 0.480 e. The van der Waals surface area contributed by atoms with Crippen molar-refractivity contribution in [3.63, 3.8) is 0 Å². The Morgan fingerprint density at radius 1 is 1.08 bits per heavy atom. The van der Waals surface area contributed by atoms with E-state index in [0.717, 1.165) is 88.5 Å². The maximum atomic E-state index is 12.5. The zero-order chi connectivity index (χ0) is 46.9. The van der Waals surface area contributed by atoms with Crippen LogP contribution >= 0.6 is 11.8 Å². The molecule has 0 bridgehead atoms.